The molecule has 5 heteroatoms. The first-order valence-corrected chi connectivity index (χ1v) is 6.83. The first-order chi connectivity index (χ1) is 8.63. The average molecular weight is 315 g/mol. The number of carbonyl (C=O) groups excluding carboxylic acids is 1. The second-order valence-electron chi connectivity index (χ2n) is 4.48. The third-order valence-electron chi connectivity index (χ3n) is 3.24. The third kappa shape index (κ3) is 2.72. The van der Waals surface area contributed by atoms with Gasteiger partial charge in [-0.15, -0.1) is 0 Å². The van der Waals surface area contributed by atoms with Crippen LogP contribution in [-0.2, 0) is 0 Å². The maximum absolute atomic E-state index is 13.2. The molecule has 0 saturated carbocycles. The molecule has 1 N–H and O–H groups in total. The molecule has 1 heterocycles. The molecular formula is C13H16BrFN2O. The van der Waals surface area contributed by atoms with Gasteiger partial charge in [0, 0.05) is 23.6 Å². The summed E-state index contributed by atoms with van der Waals surface area (Å²) < 4.78 is 13.9. The number of carbonyl (C=O) groups is 1. The van der Waals surface area contributed by atoms with Crippen molar-refractivity contribution >= 4 is 21.8 Å². The lowest BCUT2D eigenvalue weighted by molar-refractivity contribution is 0.0735. The molecule has 1 unspecified atom stereocenters. The van der Waals surface area contributed by atoms with Gasteiger partial charge in [-0.2, -0.15) is 0 Å². The van der Waals surface area contributed by atoms with Crippen LogP contribution in [0.2, 0.25) is 0 Å². The molecule has 1 atom stereocenters. The highest BCUT2D eigenvalue weighted by Crippen LogP contribution is 2.24. The number of likely N-dealkylation sites (N-methyl/N-ethyl adjacent to an activating group) is 1. The molecule has 1 aromatic rings. The van der Waals surface area contributed by atoms with Gasteiger partial charge in [-0.1, -0.05) is 0 Å². The molecule has 0 radical (unpaired) electrons. The number of nitrogens with zero attached hydrogens (tertiary/aromatic N) is 1. The highest BCUT2D eigenvalue weighted by molar-refractivity contribution is 9.10. The van der Waals surface area contributed by atoms with Crippen LogP contribution in [0.3, 0.4) is 0 Å². The predicted molar refractivity (Wildman–Crippen MR) is 72.1 cm³/mol. The number of hydrogen-bond donors (Lipinski definition) is 1. The molecule has 0 bridgehead atoms. The molecule has 2 rings (SSSR count). The number of likely N-dealkylation sites (tertiary alicyclic amines) is 1. The van der Waals surface area contributed by atoms with Crippen LogP contribution in [0, 0.1) is 5.82 Å². The Morgan fingerprint density at radius 3 is 3.11 bits per heavy atom. The normalized spacial score (nSPS) is 19.3. The number of halogens is 2. The number of hydrogen-bond acceptors (Lipinski definition) is 2. The van der Waals surface area contributed by atoms with Gasteiger partial charge in [-0.25, -0.2) is 4.39 Å². The van der Waals surface area contributed by atoms with Gasteiger partial charge >= 0.3 is 0 Å². The van der Waals surface area contributed by atoms with E-state index in [0.717, 1.165) is 25.9 Å². The summed E-state index contributed by atoms with van der Waals surface area (Å²) in [6.07, 6.45) is 2.00. The molecule has 1 aliphatic heterocycles. The number of benzene rings is 1. The lowest BCUT2D eigenvalue weighted by Crippen LogP contribution is -2.41. The zero-order valence-corrected chi connectivity index (χ0v) is 11.8. The largest absolute Gasteiger partial charge is 0.334 e. The number of amides is 1. The summed E-state index contributed by atoms with van der Waals surface area (Å²) in [6, 6.07) is 4.42. The van der Waals surface area contributed by atoms with Crippen LogP contribution in [0.5, 0.6) is 0 Å². The standard InChI is InChI=1S/C13H16BrFN2O/c1-16-8-10-3-2-6-17(10)13(18)11-7-9(15)4-5-12(11)14/h4-5,7,10,16H,2-3,6,8H2,1H3. The second-order valence-corrected chi connectivity index (χ2v) is 5.33. The lowest BCUT2D eigenvalue weighted by atomic mass is 10.1. The van der Waals surface area contributed by atoms with Crippen molar-refractivity contribution in [1.82, 2.24) is 10.2 Å². The number of nitrogens with one attached hydrogen (secondary N) is 1. The molecule has 1 aliphatic rings. The quantitative estimate of drug-likeness (QED) is 0.929. The first-order valence-electron chi connectivity index (χ1n) is 6.04. The van der Waals surface area contributed by atoms with E-state index >= 15 is 0 Å². The zero-order valence-electron chi connectivity index (χ0n) is 10.2. The monoisotopic (exact) mass is 314 g/mol. The van der Waals surface area contributed by atoms with Gasteiger partial charge in [-0.3, -0.25) is 4.79 Å². The third-order valence-corrected chi connectivity index (χ3v) is 3.93. The minimum Gasteiger partial charge on any atom is -0.334 e. The zero-order chi connectivity index (χ0) is 13.1. The smallest absolute Gasteiger partial charge is 0.255 e. The maximum atomic E-state index is 13.2. The SMILES string of the molecule is CNCC1CCCN1C(=O)c1cc(F)ccc1Br. The van der Waals surface area contributed by atoms with Gasteiger partial charge in [0.15, 0.2) is 0 Å². The van der Waals surface area contributed by atoms with Crippen LogP contribution in [0.4, 0.5) is 4.39 Å². The van der Waals surface area contributed by atoms with Crippen LogP contribution in [0.25, 0.3) is 0 Å². The average Bonchev–Trinajstić information content (AvgIpc) is 2.80. The maximum Gasteiger partial charge on any atom is 0.255 e. The Morgan fingerprint density at radius 2 is 2.39 bits per heavy atom. The molecule has 1 saturated heterocycles. The minimum absolute atomic E-state index is 0.0980. The van der Waals surface area contributed by atoms with E-state index in [1.165, 1.54) is 12.1 Å². The fourth-order valence-corrected chi connectivity index (χ4v) is 2.78. The molecule has 3 nitrogen and oxygen atoms in total. The Bertz CT molecular complexity index is 453. The Balaban J connectivity index is 2.22. The molecular weight excluding hydrogens is 299 g/mol. The predicted octanol–water partition coefficient (Wildman–Crippen LogP) is 2.41. The Hall–Kier alpha value is -0.940. The molecule has 1 aromatic carbocycles. The van der Waals surface area contributed by atoms with Crippen molar-refractivity contribution in [3.63, 3.8) is 0 Å². The van der Waals surface area contributed by atoms with Gasteiger partial charge in [0.25, 0.3) is 5.91 Å². The van der Waals surface area contributed by atoms with Crippen molar-refractivity contribution in [2.75, 3.05) is 20.1 Å². The van der Waals surface area contributed by atoms with E-state index in [0.29, 0.717) is 10.0 Å². The highest BCUT2D eigenvalue weighted by atomic mass is 79.9. The molecule has 0 aliphatic carbocycles. The lowest BCUT2D eigenvalue weighted by Gasteiger charge is -2.25. The van der Waals surface area contributed by atoms with E-state index in [1.54, 1.807) is 6.07 Å². The molecule has 0 aromatic heterocycles. The van der Waals surface area contributed by atoms with Crippen LogP contribution >= 0.6 is 15.9 Å². The summed E-state index contributed by atoms with van der Waals surface area (Å²) in [6.45, 7) is 1.52. The highest BCUT2D eigenvalue weighted by Gasteiger charge is 2.29. The summed E-state index contributed by atoms with van der Waals surface area (Å²) in [7, 11) is 1.87. The summed E-state index contributed by atoms with van der Waals surface area (Å²) in [4.78, 5) is 14.2. The van der Waals surface area contributed by atoms with Crippen LogP contribution in [-0.4, -0.2) is 37.0 Å². The Labute approximate surface area is 114 Å². The number of rotatable bonds is 3. The van der Waals surface area contributed by atoms with Crippen LogP contribution in [0.15, 0.2) is 22.7 Å². The molecule has 0 spiro atoms. The van der Waals surface area contributed by atoms with Gasteiger partial charge in [0.05, 0.1) is 5.56 Å². The fourth-order valence-electron chi connectivity index (χ4n) is 2.37. The molecule has 1 amide bonds. The second kappa shape index (κ2) is 5.80. The minimum atomic E-state index is -0.383. The van der Waals surface area contributed by atoms with E-state index in [4.69, 9.17) is 0 Å². The Kier molecular flexibility index (Phi) is 4.35. The van der Waals surface area contributed by atoms with E-state index in [9.17, 15) is 9.18 Å². The molecule has 1 fully saturated rings. The summed E-state index contributed by atoms with van der Waals surface area (Å²) >= 11 is 3.31. The van der Waals surface area contributed by atoms with Crippen molar-refractivity contribution in [2.24, 2.45) is 0 Å². The van der Waals surface area contributed by atoms with E-state index < -0.39 is 0 Å². The van der Waals surface area contributed by atoms with Gasteiger partial charge < -0.3 is 10.2 Å². The summed E-state index contributed by atoms with van der Waals surface area (Å²) in [5.41, 5.74) is 0.401. The topological polar surface area (TPSA) is 32.3 Å². The van der Waals surface area contributed by atoms with E-state index in [2.05, 4.69) is 21.2 Å². The van der Waals surface area contributed by atoms with Crippen molar-refractivity contribution in [2.45, 2.75) is 18.9 Å². The van der Waals surface area contributed by atoms with Crippen LogP contribution < -0.4 is 5.32 Å². The molecule has 18 heavy (non-hydrogen) atoms. The van der Waals surface area contributed by atoms with Crippen molar-refractivity contribution in [3.05, 3.63) is 34.1 Å². The van der Waals surface area contributed by atoms with Crippen LogP contribution in [0.1, 0.15) is 23.2 Å². The Morgan fingerprint density at radius 1 is 1.61 bits per heavy atom. The first kappa shape index (κ1) is 13.5. The van der Waals surface area contributed by atoms with E-state index in [-0.39, 0.29) is 17.8 Å². The summed E-state index contributed by atoms with van der Waals surface area (Å²) in [5, 5.41) is 3.09. The van der Waals surface area contributed by atoms with Gasteiger partial charge in [0.2, 0.25) is 0 Å². The fraction of sp³-hybridized carbons (Fsp3) is 0.462. The summed E-state index contributed by atoms with van der Waals surface area (Å²) in [5.74, 6) is -0.481. The molecule has 98 valence electrons. The van der Waals surface area contributed by atoms with Crippen molar-refractivity contribution < 1.29 is 9.18 Å². The van der Waals surface area contributed by atoms with Gasteiger partial charge in [-0.05, 0) is 54.0 Å². The van der Waals surface area contributed by atoms with Crippen molar-refractivity contribution in [3.8, 4) is 0 Å². The van der Waals surface area contributed by atoms with Crippen molar-refractivity contribution in [1.29, 1.82) is 0 Å². The van der Waals surface area contributed by atoms with E-state index in [1.807, 2.05) is 11.9 Å². The van der Waals surface area contributed by atoms with Gasteiger partial charge in [0.1, 0.15) is 5.82 Å².